The summed E-state index contributed by atoms with van der Waals surface area (Å²) in [4.78, 5) is 13.6. The molecule has 0 aromatic heterocycles. The monoisotopic (exact) mass is 291 g/mol. The van der Waals surface area contributed by atoms with Gasteiger partial charge in [0.15, 0.2) is 0 Å². The van der Waals surface area contributed by atoms with Crippen LogP contribution in [0.15, 0.2) is 24.3 Å². The van der Waals surface area contributed by atoms with Gasteiger partial charge in [0.2, 0.25) is 5.91 Å². The molecule has 0 radical (unpaired) electrons. The molecule has 0 aliphatic rings. The van der Waals surface area contributed by atoms with Gasteiger partial charge in [-0.2, -0.15) is 0 Å². The molecule has 0 aliphatic carbocycles. The molecule has 1 unspecified atom stereocenters. The van der Waals surface area contributed by atoms with Crippen LogP contribution in [-0.2, 0) is 4.79 Å². The first-order valence-electron chi connectivity index (χ1n) is 5.47. The molecule has 0 saturated carbocycles. The molecule has 0 heterocycles. The minimum absolute atomic E-state index is 0. The van der Waals surface area contributed by atoms with Gasteiger partial charge in [-0.05, 0) is 32.2 Å². The van der Waals surface area contributed by atoms with Crippen molar-refractivity contribution in [1.29, 1.82) is 0 Å². The summed E-state index contributed by atoms with van der Waals surface area (Å²) in [5.41, 5.74) is 6.36. The number of rotatable bonds is 5. The molecule has 0 bridgehead atoms. The number of hydrogen-bond acceptors (Lipinski definition) is 3. The Bertz CT molecular complexity index is 385. The zero-order valence-corrected chi connectivity index (χ0v) is 12.1. The Morgan fingerprint density at radius 1 is 1.56 bits per heavy atom. The quantitative estimate of drug-likeness (QED) is 0.872. The van der Waals surface area contributed by atoms with Crippen molar-refractivity contribution in [2.24, 2.45) is 5.73 Å². The van der Waals surface area contributed by atoms with Crippen molar-refractivity contribution in [3.05, 3.63) is 29.3 Å². The number of benzene rings is 1. The van der Waals surface area contributed by atoms with Crippen LogP contribution in [0.4, 0.5) is 5.69 Å². The average molecular weight is 292 g/mol. The van der Waals surface area contributed by atoms with Crippen molar-refractivity contribution < 1.29 is 4.79 Å². The number of anilines is 1. The van der Waals surface area contributed by atoms with E-state index < -0.39 is 0 Å². The maximum absolute atomic E-state index is 11.7. The van der Waals surface area contributed by atoms with Gasteiger partial charge in [-0.1, -0.05) is 17.7 Å². The molecule has 1 rings (SSSR count). The maximum Gasteiger partial charge on any atom is 0.238 e. The first-order valence-corrected chi connectivity index (χ1v) is 5.84. The molecule has 102 valence electrons. The summed E-state index contributed by atoms with van der Waals surface area (Å²) in [6.45, 7) is 2.91. The van der Waals surface area contributed by atoms with Gasteiger partial charge >= 0.3 is 0 Å². The highest BCUT2D eigenvalue weighted by Gasteiger charge is 2.08. The van der Waals surface area contributed by atoms with E-state index in [0.29, 0.717) is 23.8 Å². The molecule has 1 atom stereocenters. The van der Waals surface area contributed by atoms with E-state index in [-0.39, 0.29) is 24.4 Å². The Labute approximate surface area is 119 Å². The number of nitrogens with two attached hydrogens (primary N) is 1. The summed E-state index contributed by atoms with van der Waals surface area (Å²) in [7, 11) is 1.86. The molecule has 3 N–H and O–H groups in total. The highest BCUT2D eigenvalue weighted by atomic mass is 35.5. The highest BCUT2D eigenvalue weighted by molar-refractivity contribution is 6.30. The van der Waals surface area contributed by atoms with Crippen LogP contribution < -0.4 is 11.1 Å². The van der Waals surface area contributed by atoms with Crippen LogP contribution in [-0.4, -0.2) is 37.0 Å². The van der Waals surface area contributed by atoms with Crippen LogP contribution in [0.1, 0.15) is 6.92 Å². The van der Waals surface area contributed by atoms with Gasteiger partial charge in [-0.15, -0.1) is 12.4 Å². The predicted octanol–water partition coefficient (Wildman–Crippen LogP) is 1.98. The van der Waals surface area contributed by atoms with Gasteiger partial charge < -0.3 is 11.1 Å². The first-order chi connectivity index (χ1) is 7.97. The van der Waals surface area contributed by atoms with Crippen molar-refractivity contribution in [3.8, 4) is 0 Å². The zero-order valence-electron chi connectivity index (χ0n) is 10.5. The zero-order chi connectivity index (χ0) is 12.8. The number of nitrogens with one attached hydrogen (secondary N) is 1. The average Bonchev–Trinajstić information content (AvgIpc) is 2.14. The van der Waals surface area contributed by atoms with Crippen molar-refractivity contribution >= 4 is 35.6 Å². The van der Waals surface area contributed by atoms with E-state index in [4.69, 9.17) is 17.3 Å². The van der Waals surface area contributed by atoms with E-state index in [1.165, 1.54) is 0 Å². The van der Waals surface area contributed by atoms with Crippen molar-refractivity contribution in [1.82, 2.24) is 4.90 Å². The number of carbonyl (C=O) groups is 1. The van der Waals surface area contributed by atoms with Crippen molar-refractivity contribution in [2.75, 3.05) is 25.5 Å². The van der Waals surface area contributed by atoms with Gasteiger partial charge in [0.1, 0.15) is 0 Å². The SMILES string of the molecule is CC(N)CN(C)CC(=O)Nc1cccc(Cl)c1.Cl. The third-order valence-electron chi connectivity index (χ3n) is 2.12. The molecular formula is C12H19Cl2N3O. The third kappa shape index (κ3) is 6.81. The van der Waals surface area contributed by atoms with E-state index in [1.54, 1.807) is 24.3 Å². The first kappa shape index (κ1) is 17.2. The second-order valence-electron chi connectivity index (χ2n) is 4.23. The van der Waals surface area contributed by atoms with Gasteiger partial charge in [0.05, 0.1) is 6.54 Å². The molecule has 0 spiro atoms. The van der Waals surface area contributed by atoms with Gasteiger partial charge in [0.25, 0.3) is 0 Å². The molecule has 0 saturated heterocycles. The molecule has 1 amide bonds. The minimum Gasteiger partial charge on any atom is -0.327 e. The second-order valence-corrected chi connectivity index (χ2v) is 4.67. The Hall–Kier alpha value is -0.810. The fourth-order valence-electron chi connectivity index (χ4n) is 1.57. The highest BCUT2D eigenvalue weighted by Crippen LogP contribution is 2.14. The fraction of sp³-hybridized carbons (Fsp3) is 0.417. The maximum atomic E-state index is 11.7. The van der Waals surface area contributed by atoms with Crippen molar-refractivity contribution in [2.45, 2.75) is 13.0 Å². The molecule has 1 aromatic carbocycles. The van der Waals surface area contributed by atoms with E-state index in [2.05, 4.69) is 5.32 Å². The molecule has 0 fully saturated rings. The van der Waals surface area contributed by atoms with Crippen LogP contribution in [0, 0.1) is 0 Å². The molecule has 4 nitrogen and oxygen atoms in total. The number of amides is 1. The van der Waals surface area contributed by atoms with Crippen LogP contribution in [0.3, 0.4) is 0 Å². The molecule has 1 aromatic rings. The lowest BCUT2D eigenvalue weighted by molar-refractivity contribution is -0.117. The van der Waals surface area contributed by atoms with E-state index in [0.717, 1.165) is 0 Å². The smallest absolute Gasteiger partial charge is 0.238 e. The number of hydrogen-bond donors (Lipinski definition) is 2. The number of halogens is 2. The molecular weight excluding hydrogens is 273 g/mol. The Kier molecular flexibility index (Phi) is 7.95. The summed E-state index contributed by atoms with van der Waals surface area (Å²) in [5.74, 6) is -0.0737. The van der Waals surface area contributed by atoms with Gasteiger partial charge in [-0.3, -0.25) is 9.69 Å². The minimum atomic E-state index is -0.0737. The lowest BCUT2D eigenvalue weighted by Crippen LogP contribution is -2.37. The summed E-state index contributed by atoms with van der Waals surface area (Å²) < 4.78 is 0. The summed E-state index contributed by atoms with van der Waals surface area (Å²) in [6.07, 6.45) is 0. The fourth-order valence-corrected chi connectivity index (χ4v) is 1.76. The van der Waals surface area contributed by atoms with E-state index in [9.17, 15) is 4.79 Å². The van der Waals surface area contributed by atoms with Gasteiger partial charge in [0, 0.05) is 23.3 Å². The Morgan fingerprint density at radius 3 is 2.78 bits per heavy atom. The predicted molar refractivity (Wildman–Crippen MR) is 78.5 cm³/mol. The third-order valence-corrected chi connectivity index (χ3v) is 2.36. The number of likely N-dealkylation sites (N-methyl/N-ethyl adjacent to an activating group) is 1. The van der Waals surface area contributed by atoms with Gasteiger partial charge in [-0.25, -0.2) is 0 Å². The van der Waals surface area contributed by atoms with Crippen molar-refractivity contribution in [3.63, 3.8) is 0 Å². The second kappa shape index (κ2) is 8.32. The largest absolute Gasteiger partial charge is 0.327 e. The van der Waals surface area contributed by atoms with Crippen LogP contribution >= 0.6 is 24.0 Å². The van der Waals surface area contributed by atoms with Crippen LogP contribution in [0.25, 0.3) is 0 Å². The summed E-state index contributed by atoms with van der Waals surface area (Å²) in [6, 6.07) is 7.13. The van der Waals surface area contributed by atoms with Crippen LogP contribution in [0.2, 0.25) is 5.02 Å². The van der Waals surface area contributed by atoms with E-state index >= 15 is 0 Å². The van der Waals surface area contributed by atoms with E-state index in [1.807, 2.05) is 18.9 Å². The topological polar surface area (TPSA) is 58.4 Å². The number of nitrogens with zero attached hydrogens (tertiary/aromatic N) is 1. The lowest BCUT2D eigenvalue weighted by Gasteiger charge is -2.18. The molecule has 18 heavy (non-hydrogen) atoms. The number of carbonyl (C=O) groups excluding carboxylic acids is 1. The summed E-state index contributed by atoms with van der Waals surface area (Å²) in [5, 5.41) is 3.38. The molecule has 0 aliphatic heterocycles. The van der Waals surface area contributed by atoms with Crippen LogP contribution in [0.5, 0.6) is 0 Å². The summed E-state index contributed by atoms with van der Waals surface area (Å²) >= 11 is 5.82. The Morgan fingerprint density at radius 2 is 2.22 bits per heavy atom. The molecule has 6 heteroatoms. The lowest BCUT2D eigenvalue weighted by atomic mass is 10.3. The Balaban J connectivity index is 0.00000289. The normalized spacial score (nSPS) is 11.8. The standard InChI is InChI=1S/C12H18ClN3O.ClH/c1-9(14)7-16(2)8-12(17)15-11-5-3-4-10(13)6-11;/h3-6,9H,7-8,14H2,1-2H3,(H,15,17);1H.